The molecule has 0 radical (unpaired) electrons. The molecule has 0 aliphatic rings. The number of anilines is 1. The van der Waals surface area contributed by atoms with Crippen LogP contribution in [0.4, 0.5) is 5.69 Å². The van der Waals surface area contributed by atoms with E-state index in [1.807, 2.05) is 30.3 Å². The first-order valence-electron chi connectivity index (χ1n) is 4.52. The van der Waals surface area contributed by atoms with Gasteiger partial charge in [0, 0.05) is 12.2 Å². The summed E-state index contributed by atoms with van der Waals surface area (Å²) in [4.78, 5) is 10.1. The van der Waals surface area contributed by atoms with Crippen molar-refractivity contribution in [2.75, 3.05) is 18.4 Å². The lowest BCUT2D eigenvalue weighted by atomic mass is 10.3. The molecule has 0 heterocycles. The highest BCUT2D eigenvalue weighted by Gasteiger charge is 1.93. The number of aliphatic carboxylic acids is 1. The van der Waals surface area contributed by atoms with E-state index in [1.165, 1.54) is 0 Å². The molecule has 1 aromatic rings. The second kappa shape index (κ2) is 8.77. The Morgan fingerprint density at radius 2 is 2.00 bits per heavy atom. The van der Waals surface area contributed by atoms with Crippen molar-refractivity contribution in [2.45, 2.75) is 0 Å². The maximum atomic E-state index is 10.1. The summed E-state index contributed by atoms with van der Waals surface area (Å²) < 4.78 is 0. The average Bonchev–Trinajstić information content (AvgIpc) is 2.28. The third-order valence-electron chi connectivity index (χ3n) is 1.38. The minimum absolute atomic E-state index is 0.0377. The zero-order chi connectivity index (χ0) is 11.5. The predicted molar refractivity (Wildman–Crippen MR) is 61.8 cm³/mol. The van der Waals surface area contributed by atoms with E-state index in [-0.39, 0.29) is 6.54 Å². The molecule has 4 heteroatoms. The van der Waals surface area contributed by atoms with Gasteiger partial charge in [0.15, 0.2) is 0 Å². The number of benzene rings is 1. The van der Waals surface area contributed by atoms with Crippen molar-refractivity contribution >= 4 is 11.7 Å². The quantitative estimate of drug-likeness (QED) is 0.652. The van der Waals surface area contributed by atoms with Crippen molar-refractivity contribution in [1.29, 1.82) is 0 Å². The number of hydrogen-bond acceptors (Lipinski definition) is 3. The topological polar surface area (TPSA) is 75.4 Å². The third-order valence-corrected chi connectivity index (χ3v) is 1.38. The van der Waals surface area contributed by atoms with E-state index in [2.05, 4.69) is 11.9 Å². The minimum Gasteiger partial charge on any atom is -0.480 e. The van der Waals surface area contributed by atoms with Gasteiger partial charge in [0.1, 0.15) is 6.54 Å². The highest BCUT2D eigenvalue weighted by molar-refractivity contribution is 5.72. The highest BCUT2D eigenvalue weighted by atomic mass is 16.4. The molecule has 1 rings (SSSR count). The molecule has 15 heavy (non-hydrogen) atoms. The van der Waals surface area contributed by atoms with Crippen LogP contribution in [0.1, 0.15) is 0 Å². The largest absolute Gasteiger partial charge is 0.480 e. The van der Waals surface area contributed by atoms with Crippen LogP contribution in [0.15, 0.2) is 43.0 Å². The van der Waals surface area contributed by atoms with E-state index < -0.39 is 5.97 Å². The number of para-hydroxylation sites is 1. The van der Waals surface area contributed by atoms with Crippen LogP contribution >= 0.6 is 0 Å². The smallest absolute Gasteiger partial charge is 0.322 e. The first-order chi connectivity index (χ1) is 7.20. The zero-order valence-corrected chi connectivity index (χ0v) is 8.52. The number of rotatable bonds is 4. The van der Waals surface area contributed by atoms with Crippen LogP contribution in [0.2, 0.25) is 0 Å². The molecule has 4 nitrogen and oxygen atoms in total. The van der Waals surface area contributed by atoms with Crippen LogP contribution < -0.4 is 11.1 Å². The Morgan fingerprint density at radius 3 is 2.40 bits per heavy atom. The summed E-state index contributed by atoms with van der Waals surface area (Å²) in [5, 5.41) is 11.1. The van der Waals surface area contributed by atoms with Crippen molar-refractivity contribution in [3.05, 3.63) is 43.0 Å². The van der Waals surface area contributed by atoms with Gasteiger partial charge in [-0.05, 0) is 12.1 Å². The van der Waals surface area contributed by atoms with Gasteiger partial charge in [-0.15, -0.1) is 6.58 Å². The summed E-state index contributed by atoms with van der Waals surface area (Å²) in [5.74, 6) is -0.853. The molecule has 0 aliphatic heterocycles. The SMILES string of the molecule is C=CCN.O=C(O)CNc1ccccc1. The van der Waals surface area contributed by atoms with E-state index in [9.17, 15) is 4.79 Å². The molecule has 0 fully saturated rings. The molecule has 0 amide bonds. The zero-order valence-electron chi connectivity index (χ0n) is 8.52. The summed E-state index contributed by atoms with van der Waals surface area (Å²) in [7, 11) is 0. The van der Waals surface area contributed by atoms with Crippen LogP contribution in [0.25, 0.3) is 0 Å². The van der Waals surface area contributed by atoms with Crippen LogP contribution in [0.5, 0.6) is 0 Å². The summed E-state index contributed by atoms with van der Waals surface area (Å²) in [6.07, 6.45) is 1.65. The Bertz CT molecular complexity index is 286. The van der Waals surface area contributed by atoms with Gasteiger partial charge in [-0.25, -0.2) is 0 Å². The molecule has 82 valence electrons. The van der Waals surface area contributed by atoms with Gasteiger partial charge in [0.2, 0.25) is 0 Å². The summed E-state index contributed by atoms with van der Waals surface area (Å²) in [6.45, 7) is 3.90. The van der Waals surface area contributed by atoms with Gasteiger partial charge in [-0.1, -0.05) is 24.3 Å². The molecule has 0 atom stereocenters. The second-order valence-corrected chi connectivity index (χ2v) is 2.64. The maximum absolute atomic E-state index is 10.1. The van der Waals surface area contributed by atoms with Gasteiger partial charge in [-0.2, -0.15) is 0 Å². The van der Waals surface area contributed by atoms with Gasteiger partial charge in [0.05, 0.1) is 0 Å². The fourth-order valence-electron chi connectivity index (χ4n) is 0.734. The summed E-state index contributed by atoms with van der Waals surface area (Å²) >= 11 is 0. The van der Waals surface area contributed by atoms with Crippen molar-refractivity contribution in [1.82, 2.24) is 0 Å². The number of carboxylic acids is 1. The fraction of sp³-hybridized carbons (Fsp3) is 0.182. The van der Waals surface area contributed by atoms with Crippen LogP contribution in [-0.4, -0.2) is 24.2 Å². The molecule has 0 aromatic heterocycles. The van der Waals surface area contributed by atoms with E-state index in [0.717, 1.165) is 5.69 Å². The normalized spacial score (nSPS) is 8.33. The molecular formula is C11H16N2O2. The van der Waals surface area contributed by atoms with Crippen molar-refractivity contribution in [2.24, 2.45) is 5.73 Å². The van der Waals surface area contributed by atoms with Gasteiger partial charge in [-0.3, -0.25) is 4.79 Å². The summed E-state index contributed by atoms with van der Waals surface area (Å²) in [6, 6.07) is 9.23. The molecule has 0 spiro atoms. The van der Waals surface area contributed by atoms with Crippen molar-refractivity contribution < 1.29 is 9.90 Å². The predicted octanol–water partition coefficient (Wildman–Crippen LogP) is 1.31. The highest BCUT2D eigenvalue weighted by Crippen LogP contribution is 2.03. The van der Waals surface area contributed by atoms with Crippen molar-refractivity contribution in [3.8, 4) is 0 Å². The maximum Gasteiger partial charge on any atom is 0.322 e. The third kappa shape index (κ3) is 8.52. The standard InChI is InChI=1S/C8H9NO2.C3H7N/c10-8(11)6-9-7-4-2-1-3-5-7;1-2-3-4/h1-5,9H,6H2,(H,10,11);2H,1,3-4H2. The van der Waals surface area contributed by atoms with E-state index in [4.69, 9.17) is 10.8 Å². The molecule has 1 aromatic carbocycles. The first kappa shape index (κ1) is 13.2. The lowest BCUT2D eigenvalue weighted by Crippen LogP contribution is -2.11. The number of nitrogens with two attached hydrogens (primary N) is 1. The van der Waals surface area contributed by atoms with Crippen molar-refractivity contribution in [3.63, 3.8) is 0 Å². The molecule has 0 unspecified atom stereocenters. The summed E-state index contributed by atoms with van der Waals surface area (Å²) in [5.41, 5.74) is 5.74. The molecule has 0 saturated carbocycles. The average molecular weight is 208 g/mol. The fourth-order valence-corrected chi connectivity index (χ4v) is 0.734. The minimum atomic E-state index is -0.853. The van der Waals surface area contributed by atoms with Gasteiger partial charge in [0.25, 0.3) is 0 Å². The lowest BCUT2D eigenvalue weighted by Gasteiger charge is -2.00. The monoisotopic (exact) mass is 208 g/mol. The van der Waals surface area contributed by atoms with E-state index in [0.29, 0.717) is 6.54 Å². The Balaban J connectivity index is 0.000000423. The Kier molecular flexibility index (Phi) is 7.71. The second-order valence-electron chi connectivity index (χ2n) is 2.64. The van der Waals surface area contributed by atoms with Crippen LogP contribution in [0.3, 0.4) is 0 Å². The van der Waals surface area contributed by atoms with Gasteiger partial charge >= 0.3 is 5.97 Å². The molecule has 0 bridgehead atoms. The lowest BCUT2D eigenvalue weighted by molar-refractivity contribution is -0.134. The number of hydrogen-bond donors (Lipinski definition) is 3. The molecular weight excluding hydrogens is 192 g/mol. The van der Waals surface area contributed by atoms with E-state index in [1.54, 1.807) is 6.08 Å². The number of carbonyl (C=O) groups is 1. The van der Waals surface area contributed by atoms with Crippen LogP contribution in [-0.2, 0) is 4.79 Å². The first-order valence-corrected chi connectivity index (χ1v) is 4.52. The van der Waals surface area contributed by atoms with E-state index >= 15 is 0 Å². The molecule has 0 saturated heterocycles. The number of nitrogens with one attached hydrogen (secondary N) is 1. The Morgan fingerprint density at radius 1 is 1.47 bits per heavy atom. The number of carboxylic acid groups (broad SMARTS) is 1. The molecule has 4 N–H and O–H groups in total. The molecule has 0 aliphatic carbocycles. The van der Waals surface area contributed by atoms with Crippen LogP contribution in [0, 0.1) is 0 Å². The Hall–Kier alpha value is -1.81. The Labute approximate surface area is 89.4 Å². The van der Waals surface area contributed by atoms with Gasteiger partial charge < -0.3 is 16.2 Å².